The van der Waals surface area contributed by atoms with Crippen LogP contribution in [0, 0.1) is 10.8 Å². The van der Waals surface area contributed by atoms with Gasteiger partial charge in [0.25, 0.3) is 0 Å². The molecule has 72 valence electrons. The van der Waals surface area contributed by atoms with Crippen molar-refractivity contribution in [2.45, 2.75) is 41.0 Å². The third-order valence-corrected chi connectivity index (χ3v) is 2.03. The molecule has 0 amide bonds. The standard InChI is InChI=1S/C10H21NO/c1-9(2,3)8(12)6-10(4,5)7-11/h6-7,11H2,1-5H3. The summed E-state index contributed by atoms with van der Waals surface area (Å²) < 4.78 is 0. The molecule has 2 nitrogen and oxygen atoms in total. The van der Waals surface area contributed by atoms with Crippen molar-refractivity contribution in [2.24, 2.45) is 16.6 Å². The molecule has 0 bridgehead atoms. The summed E-state index contributed by atoms with van der Waals surface area (Å²) in [5.41, 5.74) is 5.26. The molecule has 0 aliphatic heterocycles. The number of carbonyl (C=O) groups is 1. The van der Waals surface area contributed by atoms with E-state index in [1.807, 2.05) is 34.6 Å². The summed E-state index contributed by atoms with van der Waals surface area (Å²) in [6, 6.07) is 0. The summed E-state index contributed by atoms with van der Waals surface area (Å²) in [7, 11) is 0. The van der Waals surface area contributed by atoms with Crippen LogP contribution in [0.4, 0.5) is 0 Å². The molecule has 2 heteroatoms. The molecule has 12 heavy (non-hydrogen) atoms. The topological polar surface area (TPSA) is 43.1 Å². The first-order valence-electron chi connectivity index (χ1n) is 4.42. The van der Waals surface area contributed by atoms with Crippen LogP contribution in [0.15, 0.2) is 0 Å². The van der Waals surface area contributed by atoms with Gasteiger partial charge in [-0.2, -0.15) is 0 Å². The summed E-state index contributed by atoms with van der Waals surface area (Å²) in [6.07, 6.45) is 0.576. The quantitative estimate of drug-likeness (QED) is 0.705. The van der Waals surface area contributed by atoms with E-state index in [1.54, 1.807) is 0 Å². The minimum Gasteiger partial charge on any atom is -0.330 e. The van der Waals surface area contributed by atoms with Crippen molar-refractivity contribution in [3.8, 4) is 0 Å². The molecule has 0 aromatic rings. The van der Waals surface area contributed by atoms with Crippen molar-refractivity contribution in [3.63, 3.8) is 0 Å². The Bertz CT molecular complexity index is 165. The van der Waals surface area contributed by atoms with Gasteiger partial charge in [0.1, 0.15) is 5.78 Å². The van der Waals surface area contributed by atoms with Gasteiger partial charge >= 0.3 is 0 Å². The average molecular weight is 171 g/mol. The largest absolute Gasteiger partial charge is 0.330 e. The van der Waals surface area contributed by atoms with Gasteiger partial charge in [-0.1, -0.05) is 34.6 Å². The van der Waals surface area contributed by atoms with Gasteiger partial charge in [0.2, 0.25) is 0 Å². The van der Waals surface area contributed by atoms with Gasteiger partial charge < -0.3 is 5.73 Å². The molecule has 0 heterocycles. The predicted octanol–water partition coefficient (Wildman–Crippen LogP) is 1.98. The highest BCUT2D eigenvalue weighted by atomic mass is 16.1. The summed E-state index contributed by atoms with van der Waals surface area (Å²) in [5, 5.41) is 0. The lowest BCUT2D eigenvalue weighted by atomic mass is 9.79. The summed E-state index contributed by atoms with van der Waals surface area (Å²) in [6.45, 7) is 10.5. The second-order valence-electron chi connectivity index (χ2n) is 5.22. The fourth-order valence-corrected chi connectivity index (χ4v) is 0.772. The predicted molar refractivity (Wildman–Crippen MR) is 51.9 cm³/mol. The van der Waals surface area contributed by atoms with Crippen molar-refractivity contribution in [1.82, 2.24) is 0 Å². The second-order valence-corrected chi connectivity index (χ2v) is 5.22. The van der Waals surface area contributed by atoms with E-state index in [0.717, 1.165) is 0 Å². The van der Waals surface area contributed by atoms with Crippen LogP contribution in [0.5, 0.6) is 0 Å². The fourth-order valence-electron chi connectivity index (χ4n) is 0.772. The lowest BCUT2D eigenvalue weighted by molar-refractivity contribution is -0.128. The van der Waals surface area contributed by atoms with E-state index < -0.39 is 0 Å². The van der Waals surface area contributed by atoms with Crippen LogP contribution in [0.1, 0.15) is 41.0 Å². The zero-order valence-corrected chi connectivity index (χ0v) is 8.90. The maximum absolute atomic E-state index is 11.6. The third kappa shape index (κ3) is 3.86. The van der Waals surface area contributed by atoms with E-state index in [-0.39, 0.29) is 16.6 Å². The van der Waals surface area contributed by atoms with E-state index in [4.69, 9.17) is 5.73 Å². The molecule has 0 rings (SSSR count). The molecule has 0 aliphatic rings. The molecule has 0 spiro atoms. The molecule has 2 N–H and O–H groups in total. The molecule has 0 aliphatic carbocycles. The van der Waals surface area contributed by atoms with Crippen molar-refractivity contribution in [1.29, 1.82) is 0 Å². The molecular formula is C10H21NO. The normalized spacial score (nSPS) is 13.2. The van der Waals surface area contributed by atoms with E-state index in [1.165, 1.54) is 0 Å². The van der Waals surface area contributed by atoms with Gasteiger partial charge in [-0.05, 0) is 12.0 Å². The van der Waals surface area contributed by atoms with Crippen LogP contribution in [-0.2, 0) is 4.79 Å². The van der Waals surface area contributed by atoms with Crippen molar-refractivity contribution >= 4 is 5.78 Å². The first-order chi connectivity index (χ1) is 5.19. The fraction of sp³-hybridized carbons (Fsp3) is 0.900. The summed E-state index contributed by atoms with van der Waals surface area (Å²) in [4.78, 5) is 11.6. The number of hydrogen-bond donors (Lipinski definition) is 1. The van der Waals surface area contributed by atoms with Gasteiger partial charge in [-0.3, -0.25) is 4.79 Å². The molecule has 0 aromatic heterocycles. The molecule has 0 saturated heterocycles. The highest BCUT2D eigenvalue weighted by molar-refractivity contribution is 5.84. The Balaban J connectivity index is 4.20. The second kappa shape index (κ2) is 3.56. The SMILES string of the molecule is CC(C)(CN)CC(=O)C(C)(C)C. The number of ketones is 1. The average Bonchev–Trinajstić information content (AvgIpc) is 1.85. The van der Waals surface area contributed by atoms with Crippen LogP contribution in [-0.4, -0.2) is 12.3 Å². The van der Waals surface area contributed by atoms with Crippen molar-refractivity contribution in [2.75, 3.05) is 6.54 Å². The Morgan fingerprint density at radius 1 is 1.17 bits per heavy atom. The van der Waals surface area contributed by atoms with Gasteiger partial charge in [0.05, 0.1) is 0 Å². The summed E-state index contributed by atoms with van der Waals surface area (Å²) >= 11 is 0. The van der Waals surface area contributed by atoms with E-state index in [9.17, 15) is 4.79 Å². The van der Waals surface area contributed by atoms with E-state index >= 15 is 0 Å². The molecule has 0 saturated carbocycles. The van der Waals surface area contributed by atoms with Crippen LogP contribution < -0.4 is 5.73 Å². The monoisotopic (exact) mass is 171 g/mol. The van der Waals surface area contributed by atoms with Crippen LogP contribution in [0.25, 0.3) is 0 Å². The van der Waals surface area contributed by atoms with Crippen molar-refractivity contribution < 1.29 is 4.79 Å². The number of hydrogen-bond acceptors (Lipinski definition) is 2. The molecule has 0 radical (unpaired) electrons. The Hall–Kier alpha value is -0.370. The van der Waals surface area contributed by atoms with Gasteiger partial charge in [0, 0.05) is 11.8 Å². The smallest absolute Gasteiger partial charge is 0.138 e. The van der Waals surface area contributed by atoms with E-state index in [0.29, 0.717) is 13.0 Å². The maximum atomic E-state index is 11.6. The Kier molecular flexibility index (Phi) is 3.45. The lowest BCUT2D eigenvalue weighted by Gasteiger charge is -2.26. The van der Waals surface area contributed by atoms with E-state index in [2.05, 4.69) is 0 Å². The summed E-state index contributed by atoms with van der Waals surface area (Å²) in [5.74, 6) is 0.290. The molecule has 0 atom stereocenters. The minimum absolute atomic E-state index is 0.0512. The number of rotatable bonds is 3. The molecule has 0 unspecified atom stereocenters. The minimum atomic E-state index is -0.230. The van der Waals surface area contributed by atoms with Gasteiger partial charge in [0.15, 0.2) is 0 Å². The van der Waals surface area contributed by atoms with Crippen LogP contribution >= 0.6 is 0 Å². The Labute approximate surface area is 75.5 Å². The zero-order valence-electron chi connectivity index (χ0n) is 8.90. The van der Waals surface area contributed by atoms with Crippen LogP contribution in [0.3, 0.4) is 0 Å². The van der Waals surface area contributed by atoms with Crippen molar-refractivity contribution in [3.05, 3.63) is 0 Å². The Morgan fingerprint density at radius 3 is 1.83 bits per heavy atom. The molecular weight excluding hydrogens is 150 g/mol. The van der Waals surface area contributed by atoms with Crippen LogP contribution in [0.2, 0.25) is 0 Å². The maximum Gasteiger partial charge on any atom is 0.138 e. The lowest BCUT2D eigenvalue weighted by Crippen LogP contribution is -2.31. The first-order valence-corrected chi connectivity index (χ1v) is 4.42. The van der Waals surface area contributed by atoms with Gasteiger partial charge in [-0.25, -0.2) is 0 Å². The highest BCUT2D eigenvalue weighted by Crippen LogP contribution is 2.26. The number of carbonyl (C=O) groups excluding carboxylic acids is 1. The highest BCUT2D eigenvalue weighted by Gasteiger charge is 2.27. The van der Waals surface area contributed by atoms with Gasteiger partial charge in [-0.15, -0.1) is 0 Å². The third-order valence-electron chi connectivity index (χ3n) is 2.03. The number of nitrogens with two attached hydrogens (primary N) is 1. The Morgan fingerprint density at radius 2 is 1.58 bits per heavy atom. The molecule has 0 aromatic carbocycles. The first kappa shape index (κ1) is 11.6. The number of Topliss-reactive ketones (excluding diaryl/α,β-unsaturated/α-hetero) is 1. The molecule has 0 fully saturated rings. The zero-order chi connectivity index (χ0) is 9.99.